The van der Waals surface area contributed by atoms with Gasteiger partial charge >= 0.3 is 41.9 Å². The normalized spacial score (nSPS) is 19.8. The predicted molar refractivity (Wildman–Crippen MR) is 73.6 cm³/mol. The van der Waals surface area contributed by atoms with Crippen LogP contribution in [0.25, 0.3) is 0 Å². The summed E-state index contributed by atoms with van der Waals surface area (Å²) in [5, 5.41) is 0. The molecule has 104 valence electrons. The van der Waals surface area contributed by atoms with Crippen molar-refractivity contribution in [1.29, 1.82) is 0 Å². The van der Waals surface area contributed by atoms with Crippen molar-refractivity contribution in [3.8, 4) is 0 Å². The monoisotopic (exact) mass is 389 g/mol. The molecule has 0 radical (unpaired) electrons. The molecule has 0 aromatic rings. The SMILES string of the molecule is CC1=[C-]C(C2=CC=CC2)C(C)=C1C.C[Si](C)=[Zr+2].[Cl-].[Cl-]. The van der Waals surface area contributed by atoms with E-state index in [1.54, 1.807) is 23.3 Å². The van der Waals surface area contributed by atoms with Gasteiger partial charge in [-0.2, -0.15) is 11.1 Å². The fourth-order valence-electron chi connectivity index (χ4n) is 1.99. The molecule has 0 nitrogen and oxygen atoms in total. The third kappa shape index (κ3) is 6.76. The van der Waals surface area contributed by atoms with Crippen LogP contribution >= 0.6 is 0 Å². The van der Waals surface area contributed by atoms with E-state index in [0.717, 1.165) is 6.42 Å². The Bertz CT molecular complexity index is 441. The Labute approximate surface area is 145 Å². The van der Waals surface area contributed by atoms with Gasteiger partial charge in [-0.25, -0.2) is 5.57 Å². The second-order valence-electron chi connectivity index (χ2n) is 4.88. The summed E-state index contributed by atoms with van der Waals surface area (Å²) in [7, 11) is 0. The summed E-state index contributed by atoms with van der Waals surface area (Å²) in [6, 6.07) is 0. The van der Waals surface area contributed by atoms with Crippen molar-refractivity contribution in [2.24, 2.45) is 5.92 Å². The molecule has 4 heteroatoms. The van der Waals surface area contributed by atoms with E-state index in [1.807, 2.05) is 0 Å². The molecule has 0 bridgehead atoms. The summed E-state index contributed by atoms with van der Waals surface area (Å²) in [5.74, 6) is 0.468. The minimum Gasteiger partial charge on any atom is -1.00 e. The molecular weight excluding hydrogens is 370 g/mol. The molecule has 19 heavy (non-hydrogen) atoms. The number of hydrogen-bond donors (Lipinski definition) is 0. The standard InChI is InChI=1S/C13H15.C2H6Si.2ClH.Zr/c1-9-8-13(11(3)10(9)2)12-6-4-5-7-12;1-3-2;;;/h4-6,13H,7H2,1-3H3;1-2H3;2*1H;/q-1;;;;+2/p-2. The van der Waals surface area contributed by atoms with E-state index >= 15 is 0 Å². The molecule has 0 heterocycles. The molecule has 0 aliphatic heterocycles. The molecule has 0 aromatic carbocycles. The topological polar surface area (TPSA) is 0 Å². The third-order valence-electron chi connectivity index (χ3n) is 3.12. The van der Waals surface area contributed by atoms with Crippen LogP contribution in [-0.4, -0.2) is 5.43 Å². The zero-order valence-corrected chi connectivity index (χ0v) is 17.2. The first-order chi connectivity index (χ1) is 7.93. The Morgan fingerprint density at radius 2 is 1.74 bits per heavy atom. The number of halogens is 2. The van der Waals surface area contributed by atoms with Crippen molar-refractivity contribution in [3.05, 3.63) is 46.6 Å². The van der Waals surface area contributed by atoms with Crippen LogP contribution in [-0.2, 0) is 23.3 Å². The van der Waals surface area contributed by atoms with Gasteiger partial charge < -0.3 is 24.8 Å². The molecule has 0 spiro atoms. The second-order valence-corrected chi connectivity index (χ2v) is 14.3. The van der Waals surface area contributed by atoms with Gasteiger partial charge in [-0.15, -0.1) is 6.92 Å². The number of rotatable bonds is 1. The van der Waals surface area contributed by atoms with Gasteiger partial charge in [-0.3, -0.25) is 6.08 Å². The Hall–Kier alpha value is 0.640. The van der Waals surface area contributed by atoms with Crippen molar-refractivity contribution < 1.29 is 48.1 Å². The van der Waals surface area contributed by atoms with Crippen LogP contribution in [0.3, 0.4) is 0 Å². The fraction of sp³-hybridized carbons (Fsp3) is 0.467. The summed E-state index contributed by atoms with van der Waals surface area (Å²) in [6.07, 6.45) is 11.2. The second kappa shape index (κ2) is 10.4. The van der Waals surface area contributed by atoms with Gasteiger partial charge in [0.1, 0.15) is 0 Å². The number of allylic oxidation sites excluding steroid dienone is 8. The van der Waals surface area contributed by atoms with Crippen molar-refractivity contribution in [2.75, 3.05) is 0 Å². The molecule has 0 fully saturated rings. The first kappa shape index (κ1) is 21.9. The molecule has 0 N–H and O–H groups in total. The Morgan fingerprint density at radius 3 is 2.05 bits per heavy atom. The van der Waals surface area contributed by atoms with Gasteiger partial charge in [-0.1, -0.05) is 43.6 Å². The molecule has 2 aliphatic carbocycles. The van der Waals surface area contributed by atoms with Gasteiger partial charge in [-0.05, 0) is 6.42 Å². The van der Waals surface area contributed by atoms with Gasteiger partial charge in [0.25, 0.3) is 0 Å². The van der Waals surface area contributed by atoms with Crippen molar-refractivity contribution in [1.82, 2.24) is 0 Å². The van der Waals surface area contributed by atoms with Crippen LogP contribution in [0.2, 0.25) is 13.1 Å². The van der Waals surface area contributed by atoms with E-state index < -0.39 is 0 Å². The van der Waals surface area contributed by atoms with Gasteiger partial charge in [0.2, 0.25) is 0 Å². The predicted octanol–water partition coefficient (Wildman–Crippen LogP) is -1.62. The number of hydrogen-bond acceptors (Lipinski definition) is 0. The fourth-order valence-corrected chi connectivity index (χ4v) is 1.99. The molecule has 0 amide bonds. The Kier molecular flexibility index (Phi) is 12.0. The molecule has 1 unspecified atom stereocenters. The molecule has 0 aromatic heterocycles. The average Bonchev–Trinajstić information content (AvgIpc) is 2.82. The van der Waals surface area contributed by atoms with E-state index in [9.17, 15) is 0 Å². The van der Waals surface area contributed by atoms with Crippen LogP contribution in [0.1, 0.15) is 27.2 Å². The zero-order chi connectivity index (χ0) is 13.0. The molecule has 2 rings (SSSR count). The van der Waals surface area contributed by atoms with Gasteiger partial charge in [0, 0.05) is 0 Å². The van der Waals surface area contributed by atoms with Gasteiger partial charge in [0.15, 0.2) is 0 Å². The molecular formula is C15H21Cl2SiZr-. The molecule has 0 saturated carbocycles. The zero-order valence-electron chi connectivity index (χ0n) is 12.3. The van der Waals surface area contributed by atoms with E-state index in [0.29, 0.717) is 5.92 Å². The minimum absolute atomic E-state index is 0. The first-order valence-electron chi connectivity index (χ1n) is 6.08. The summed E-state index contributed by atoms with van der Waals surface area (Å²) in [4.78, 5) is 0. The van der Waals surface area contributed by atoms with Crippen molar-refractivity contribution in [2.45, 2.75) is 40.3 Å². The van der Waals surface area contributed by atoms with Crippen molar-refractivity contribution in [3.63, 3.8) is 0 Å². The maximum absolute atomic E-state index is 3.53. The minimum atomic E-state index is 0. The van der Waals surface area contributed by atoms with Crippen LogP contribution < -0.4 is 24.8 Å². The largest absolute Gasteiger partial charge is 1.00 e. The summed E-state index contributed by atoms with van der Waals surface area (Å²) in [5.41, 5.74) is 5.94. The van der Waals surface area contributed by atoms with Crippen LogP contribution in [0.5, 0.6) is 0 Å². The van der Waals surface area contributed by atoms with Crippen LogP contribution in [0.15, 0.2) is 40.5 Å². The molecule has 1 atom stereocenters. The van der Waals surface area contributed by atoms with Crippen molar-refractivity contribution >= 4 is 5.43 Å². The van der Waals surface area contributed by atoms with E-state index in [2.05, 4.69) is 58.2 Å². The van der Waals surface area contributed by atoms with Crippen LogP contribution in [0.4, 0.5) is 0 Å². The quantitative estimate of drug-likeness (QED) is 0.372. The summed E-state index contributed by atoms with van der Waals surface area (Å²) >= 11 is 1.74. The summed E-state index contributed by atoms with van der Waals surface area (Å²) in [6.45, 7) is 11.2. The van der Waals surface area contributed by atoms with E-state index in [-0.39, 0.29) is 30.2 Å². The van der Waals surface area contributed by atoms with Gasteiger partial charge in [0.05, 0.1) is 0 Å². The third-order valence-corrected chi connectivity index (χ3v) is 3.12. The summed E-state index contributed by atoms with van der Waals surface area (Å²) < 4.78 is 0. The average molecular weight is 392 g/mol. The van der Waals surface area contributed by atoms with Crippen LogP contribution in [0, 0.1) is 12.0 Å². The molecule has 0 saturated heterocycles. The van der Waals surface area contributed by atoms with E-state index in [4.69, 9.17) is 0 Å². The maximum atomic E-state index is 3.53. The Balaban J connectivity index is 0. The first-order valence-corrected chi connectivity index (χ1v) is 12.3. The van der Waals surface area contributed by atoms with E-state index in [1.165, 1.54) is 22.3 Å². The maximum Gasteiger partial charge on any atom is -1.00 e. The molecule has 2 aliphatic rings. The Morgan fingerprint density at radius 1 is 1.21 bits per heavy atom. The smallest absolute Gasteiger partial charge is 1.00 e.